The van der Waals surface area contributed by atoms with E-state index in [2.05, 4.69) is 10.1 Å². The maximum atomic E-state index is 5.93. The molecular formula is C13H18N4O2. The fourth-order valence-corrected chi connectivity index (χ4v) is 1.81. The van der Waals surface area contributed by atoms with E-state index in [9.17, 15) is 0 Å². The number of nitrogen functional groups attached to an aromatic ring is 1. The first kappa shape index (κ1) is 13.2. The summed E-state index contributed by atoms with van der Waals surface area (Å²) >= 11 is 0. The number of ether oxygens (including phenoxy) is 1. The number of aromatic nitrogens is 2. The van der Waals surface area contributed by atoms with Gasteiger partial charge in [-0.3, -0.25) is 0 Å². The van der Waals surface area contributed by atoms with Crippen LogP contribution in [0.5, 0.6) is 5.75 Å². The van der Waals surface area contributed by atoms with Crippen molar-refractivity contribution in [2.24, 2.45) is 0 Å². The Hall–Kier alpha value is -2.24. The normalized spacial score (nSPS) is 10.5. The number of methoxy groups -OCH3 is 1. The average molecular weight is 262 g/mol. The van der Waals surface area contributed by atoms with Gasteiger partial charge in [-0.05, 0) is 37.2 Å². The summed E-state index contributed by atoms with van der Waals surface area (Å²) in [6.07, 6.45) is 0. The van der Waals surface area contributed by atoms with E-state index in [0.29, 0.717) is 28.8 Å². The van der Waals surface area contributed by atoms with Crippen molar-refractivity contribution in [1.29, 1.82) is 0 Å². The number of anilines is 2. The van der Waals surface area contributed by atoms with Crippen molar-refractivity contribution < 1.29 is 9.26 Å². The standard InChI is InChI=1S/C13H18N4O2/c1-4-17(5-2)13-15-12(19-16-13)10-8-9(18-3)6-7-11(10)14/h6-8H,4-5,14H2,1-3H3. The molecule has 2 N–H and O–H groups in total. The van der Waals surface area contributed by atoms with E-state index in [-0.39, 0.29) is 0 Å². The molecule has 0 aliphatic carbocycles. The van der Waals surface area contributed by atoms with E-state index < -0.39 is 0 Å². The van der Waals surface area contributed by atoms with Crippen LogP contribution in [0.15, 0.2) is 22.7 Å². The maximum absolute atomic E-state index is 5.93. The molecule has 2 aromatic rings. The number of nitrogens with two attached hydrogens (primary N) is 1. The number of hydrogen-bond donors (Lipinski definition) is 1. The molecule has 2 rings (SSSR count). The van der Waals surface area contributed by atoms with Crippen molar-refractivity contribution in [2.45, 2.75) is 13.8 Å². The van der Waals surface area contributed by atoms with Gasteiger partial charge in [0.05, 0.1) is 12.7 Å². The number of hydrogen-bond acceptors (Lipinski definition) is 6. The first-order valence-electron chi connectivity index (χ1n) is 6.22. The van der Waals surface area contributed by atoms with Crippen molar-refractivity contribution in [1.82, 2.24) is 10.1 Å². The highest BCUT2D eigenvalue weighted by Gasteiger charge is 2.15. The smallest absolute Gasteiger partial charge is 0.266 e. The molecule has 6 nitrogen and oxygen atoms in total. The Balaban J connectivity index is 2.37. The molecule has 0 aliphatic rings. The maximum Gasteiger partial charge on any atom is 0.266 e. The lowest BCUT2D eigenvalue weighted by molar-refractivity contribution is 0.413. The minimum Gasteiger partial charge on any atom is -0.497 e. The van der Waals surface area contributed by atoms with Crippen molar-refractivity contribution in [3.8, 4) is 17.2 Å². The molecule has 0 radical (unpaired) electrons. The molecule has 0 saturated heterocycles. The average Bonchev–Trinajstić information content (AvgIpc) is 2.90. The summed E-state index contributed by atoms with van der Waals surface area (Å²) in [5.74, 6) is 1.67. The summed E-state index contributed by atoms with van der Waals surface area (Å²) in [5, 5.41) is 3.97. The van der Waals surface area contributed by atoms with Gasteiger partial charge in [-0.15, -0.1) is 0 Å². The van der Waals surface area contributed by atoms with Crippen molar-refractivity contribution in [3.05, 3.63) is 18.2 Å². The second kappa shape index (κ2) is 5.60. The Labute approximate surface area is 112 Å². The molecule has 6 heteroatoms. The van der Waals surface area contributed by atoms with E-state index in [1.807, 2.05) is 18.7 Å². The molecule has 0 atom stereocenters. The highest BCUT2D eigenvalue weighted by molar-refractivity contribution is 5.72. The van der Waals surface area contributed by atoms with Gasteiger partial charge < -0.3 is 19.9 Å². The van der Waals surface area contributed by atoms with Crippen LogP contribution >= 0.6 is 0 Å². The second-order valence-electron chi connectivity index (χ2n) is 4.03. The van der Waals surface area contributed by atoms with Crippen LogP contribution in [0, 0.1) is 0 Å². The van der Waals surface area contributed by atoms with Crippen molar-refractivity contribution >= 4 is 11.6 Å². The Bertz CT molecular complexity index is 549. The van der Waals surface area contributed by atoms with E-state index in [1.165, 1.54) is 0 Å². The summed E-state index contributed by atoms with van der Waals surface area (Å²) < 4.78 is 10.4. The van der Waals surface area contributed by atoms with Crippen LogP contribution in [0.2, 0.25) is 0 Å². The Kier molecular flexibility index (Phi) is 3.89. The van der Waals surface area contributed by atoms with Gasteiger partial charge in [-0.2, -0.15) is 4.98 Å². The van der Waals surface area contributed by atoms with Crippen LogP contribution in [0.3, 0.4) is 0 Å². The van der Waals surface area contributed by atoms with E-state index in [4.69, 9.17) is 15.0 Å². The van der Waals surface area contributed by atoms with Crippen LogP contribution in [-0.2, 0) is 0 Å². The molecule has 0 fully saturated rings. The number of nitrogens with zero attached hydrogens (tertiary/aromatic N) is 3. The summed E-state index contributed by atoms with van der Waals surface area (Å²) in [7, 11) is 1.60. The molecule has 1 aromatic heterocycles. The Morgan fingerprint density at radius 1 is 1.32 bits per heavy atom. The molecule has 102 valence electrons. The fraction of sp³-hybridized carbons (Fsp3) is 0.385. The third-order valence-corrected chi connectivity index (χ3v) is 2.95. The number of rotatable bonds is 5. The summed E-state index contributed by atoms with van der Waals surface area (Å²) in [5.41, 5.74) is 7.19. The highest BCUT2D eigenvalue weighted by Crippen LogP contribution is 2.29. The summed E-state index contributed by atoms with van der Waals surface area (Å²) in [4.78, 5) is 6.37. The molecule has 0 unspecified atom stereocenters. The SMILES string of the molecule is CCN(CC)c1noc(-c2cc(OC)ccc2N)n1. The third-order valence-electron chi connectivity index (χ3n) is 2.95. The van der Waals surface area contributed by atoms with Crippen LogP contribution in [0.1, 0.15) is 13.8 Å². The summed E-state index contributed by atoms with van der Waals surface area (Å²) in [6, 6.07) is 5.34. The molecule has 0 amide bonds. The summed E-state index contributed by atoms with van der Waals surface area (Å²) in [6.45, 7) is 5.73. The van der Waals surface area contributed by atoms with Gasteiger partial charge >= 0.3 is 0 Å². The molecule has 1 heterocycles. The lowest BCUT2D eigenvalue weighted by Gasteiger charge is -2.14. The van der Waals surface area contributed by atoms with Gasteiger partial charge in [0, 0.05) is 18.8 Å². The van der Waals surface area contributed by atoms with Crippen molar-refractivity contribution in [3.63, 3.8) is 0 Å². The molecule has 0 saturated carbocycles. The molecule has 0 spiro atoms. The Morgan fingerprint density at radius 2 is 2.05 bits per heavy atom. The third kappa shape index (κ3) is 2.62. The van der Waals surface area contributed by atoms with Crippen LogP contribution in [0.4, 0.5) is 11.6 Å². The monoisotopic (exact) mass is 262 g/mol. The number of benzene rings is 1. The molecule has 1 aromatic carbocycles. The molecule has 0 bridgehead atoms. The highest BCUT2D eigenvalue weighted by atomic mass is 16.5. The second-order valence-corrected chi connectivity index (χ2v) is 4.03. The quantitative estimate of drug-likeness (QED) is 0.832. The van der Waals surface area contributed by atoms with Crippen LogP contribution < -0.4 is 15.4 Å². The fourth-order valence-electron chi connectivity index (χ4n) is 1.81. The zero-order valence-electron chi connectivity index (χ0n) is 11.4. The van der Waals surface area contributed by atoms with E-state index in [0.717, 1.165) is 13.1 Å². The molecular weight excluding hydrogens is 244 g/mol. The largest absolute Gasteiger partial charge is 0.497 e. The first-order chi connectivity index (χ1) is 9.19. The minimum absolute atomic E-state index is 0.401. The van der Waals surface area contributed by atoms with Crippen LogP contribution in [0.25, 0.3) is 11.5 Å². The molecule has 19 heavy (non-hydrogen) atoms. The topological polar surface area (TPSA) is 77.4 Å². The van der Waals surface area contributed by atoms with Gasteiger partial charge in [0.2, 0.25) is 0 Å². The zero-order valence-corrected chi connectivity index (χ0v) is 11.4. The predicted octanol–water partition coefficient (Wildman–Crippen LogP) is 2.17. The van der Waals surface area contributed by atoms with Gasteiger partial charge in [0.15, 0.2) is 0 Å². The lowest BCUT2D eigenvalue weighted by Crippen LogP contribution is -2.22. The van der Waals surface area contributed by atoms with Crippen LogP contribution in [-0.4, -0.2) is 30.3 Å². The van der Waals surface area contributed by atoms with Gasteiger partial charge in [-0.1, -0.05) is 0 Å². The van der Waals surface area contributed by atoms with E-state index >= 15 is 0 Å². The van der Waals surface area contributed by atoms with Gasteiger partial charge in [0.25, 0.3) is 11.8 Å². The Morgan fingerprint density at radius 3 is 2.68 bits per heavy atom. The molecule has 0 aliphatic heterocycles. The first-order valence-corrected chi connectivity index (χ1v) is 6.22. The minimum atomic E-state index is 0.401. The zero-order chi connectivity index (χ0) is 13.8. The van der Waals surface area contributed by atoms with E-state index in [1.54, 1.807) is 25.3 Å². The van der Waals surface area contributed by atoms with Gasteiger partial charge in [-0.25, -0.2) is 0 Å². The lowest BCUT2D eigenvalue weighted by atomic mass is 10.1. The van der Waals surface area contributed by atoms with Crippen molar-refractivity contribution in [2.75, 3.05) is 30.8 Å². The predicted molar refractivity (Wildman–Crippen MR) is 74.3 cm³/mol. The van der Waals surface area contributed by atoms with Gasteiger partial charge in [0.1, 0.15) is 5.75 Å².